The smallest absolute Gasteiger partial charge is 0.340 e. The topological polar surface area (TPSA) is 64.6 Å². The van der Waals surface area contributed by atoms with E-state index in [2.05, 4.69) is 5.32 Å². The van der Waals surface area contributed by atoms with E-state index in [9.17, 15) is 9.59 Å². The Hall–Kier alpha value is -2.04. The first-order valence-electron chi connectivity index (χ1n) is 6.84. The zero-order valence-electron chi connectivity index (χ0n) is 12.0. The number of esters is 2. The molecular formula is C15H21NO4. The van der Waals surface area contributed by atoms with Crippen molar-refractivity contribution in [3.8, 4) is 0 Å². The number of para-hydroxylation sites is 1. The summed E-state index contributed by atoms with van der Waals surface area (Å²) in [5.74, 6) is -0.547. The molecule has 5 nitrogen and oxygen atoms in total. The summed E-state index contributed by atoms with van der Waals surface area (Å²) in [7, 11) is 0. The van der Waals surface area contributed by atoms with E-state index in [1.54, 1.807) is 26.0 Å². The van der Waals surface area contributed by atoms with Gasteiger partial charge in [0.25, 0.3) is 0 Å². The Morgan fingerprint density at radius 3 is 2.50 bits per heavy atom. The molecule has 5 heteroatoms. The van der Waals surface area contributed by atoms with Crippen molar-refractivity contribution >= 4 is 17.6 Å². The number of rotatable bonds is 8. The van der Waals surface area contributed by atoms with Crippen LogP contribution in [0.3, 0.4) is 0 Å². The molecule has 0 fully saturated rings. The summed E-state index contributed by atoms with van der Waals surface area (Å²) in [6.45, 7) is 4.89. The Labute approximate surface area is 119 Å². The van der Waals surface area contributed by atoms with Crippen LogP contribution in [0.25, 0.3) is 0 Å². The van der Waals surface area contributed by atoms with E-state index in [0.29, 0.717) is 38.2 Å². The standard InChI is InChI=1S/C15H21NO4/c1-3-19-14(17)10-7-11-16-13-9-6-5-8-12(13)15(18)20-4-2/h5-6,8-9,16H,3-4,7,10-11H2,1-2H3. The third-order valence-corrected chi connectivity index (χ3v) is 2.60. The van der Waals surface area contributed by atoms with Crippen molar-refractivity contribution in [2.75, 3.05) is 25.1 Å². The fourth-order valence-corrected chi connectivity index (χ4v) is 1.71. The highest BCUT2D eigenvalue weighted by atomic mass is 16.5. The number of nitrogens with one attached hydrogen (secondary N) is 1. The van der Waals surface area contributed by atoms with Crippen LogP contribution >= 0.6 is 0 Å². The maximum Gasteiger partial charge on any atom is 0.340 e. The van der Waals surface area contributed by atoms with Crippen LogP contribution in [0.4, 0.5) is 5.69 Å². The highest BCUT2D eigenvalue weighted by molar-refractivity contribution is 5.95. The van der Waals surface area contributed by atoms with Crippen LogP contribution in [-0.2, 0) is 14.3 Å². The SMILES string of the molecule is CCOC(=O)CCCNc1ccccc1C(=O)OCC. The third-order valence-electron chi connectivity index (χ3n) is 2.60. The van der Waals surface area contributed by atoms with Gasteiger partial charge in [-0.1, -0.05) is 12.1 Å². The van der Waals surface area contributed by atoms with Crippen LogP contribution in [-0.4, -0.2) is 31.7 Å². The van der Waals surface area contributed by atoms with Gasteiger partial charge in [0.15, 0.2) is 0 Å². The van der Waals surface area contributed by atoms with Crippen molar-refractivity contribution < 1.29 is 19.1 Å². The molecule has 0 unspecified atom stereocenters. The lowest BCUT2D eigenvalue weighted by Crippen LogP contribution is -2.12. The zero-order chi connectivity index (χ0) is 14.8. The van der Waals surface area contributed by atoms with Gasteiger partial charge in [0, 0.05) is 18.7 Å². The lowest BCUT2D eigenvalue weighted by atomic mass is 10.1. The maximum absolute atomic E-state index is 11.8. The van der Waals surface area contributed by atoms with E-state index in [0.717, 1.165) is 5.69 Å². The molecule has 20 heavy (non-hydrogen) atoms. The van der Waals surface area contributed by atoms with Crippen molar-refractivity contribution in [3.05, 3.63) is 29.8 Å². The highest BCUT2D eigenvalue weighted by Gasteiger charge is 2.11. The van der Waals surface area contributed by atoms with E-state index >= 15 is 0 Å². The van der Waals surface area contributed by atoms with E-state index in [1.807, 2.05) is 12.1 Å². The van der Waals surface area contributed by atoms with Gasteiger partial charge in [0.05, 0.1) is 18.8 Å². The minimum absolute atomic E-state index is 0.201. The maximum atomic E-state index is 11.8. The van der Waals surface area contributed by atoms with Gasteiger partial charge in [0.2, 0.25) is 0 Å². The summed E-state index contributed by atoms with van der Waals surface area (Å²) >= 11 is 0. The number of anilines is 1. The van der Waals surface area contributed by atoms with Gasteiger partial charge in [0.1, 0.15) is 0 Å². The van der Waals surface area contributed by atoms with Crippen LogP contribution in [0.2, 0.25) is 0 Å². The Balaban J connectivity index is 2.47. The molecule has 0 aromatic heterocycles. The molecule has 0 saturated heterocycles. The number of ether oxygens (including phenoxy) is 2. The lowest BCUT2D eigenvalue weighted by Gasteiger charge is -2.11. The molecule has 0 aliphatic heterocycles. The van der Waals surface area contributed by atoms with Gasteiger partial charge >= 0.3 is 11.9 Å². The molecule has 0 atom stereocenters. The van der Waals surface area contributed by atoms with Crippen molar-refractivity contribution in [1.29, 1.82) is 0 Å². The quantitative estimate of drug-likeness (QED) is 0.585. The van der Waals surface area contributed by atoms with Crippen LogP contribution < -0.4 is 5.32 Å². The fourth-order valence-electron chi connectivity index (χ4n) is 1.71. The number of carbonyl (C=O) groups is 2. The summed E-state index contributed by atoms with van der Waals surface area (Å²) in [4.78, 5) is 22.9. The zero-order valence-corrected chi connectivity index (χ0v) is 12.0. The molecule has 0 bridgehead atoms. The average Bonchev–Trinajstić information content (AvgIpc) is 2.44. The fraction of sp³-hybridized carbons (Fsp3) is 0.467. The van der Waals surface area contributed by atoms with Gasteiger partial charge in [-0.2, -0.15) is 0 Å². The Morgan fingerprint density at radius 1 is 1.10 bits per heavy atom. The Bertz CT molecular complexity index is 445. The summed E-state index contributed by atoms with van der Waals surface area (Å²) in [6.07, 6.45) is 1.01. The second-order valence-corrected chi connectivity index (χ2v) is 4.10. The number of hydrogen-bond acceptors (Lipinski definition) is 5. The van der Waals surface area contributed by atoms with Crippen molar-refractivity contribution in [2.45, 2.75) is 26.7 Å². The van der Waals surface area contributed by atoms with Crippen LogP contribution in [0.1, 0.15) is 37.0 Å². The molecule has 1 N–H and O–H groups in total. The van der Waals surface area contributed by atoms with Gasteiger partial charge in [-0.25, -0.2) is 4.79 Å². The number of hydrogen-bond donors (Lipinski definition) is 1. The van der Waals surface area contributed by atoms with E-state index in [1.165, 1.54) is 0 Å². The largest absolute Gasteiger partial charge is 0.466 e. The van der Waals surface area contributed by atoms with Crippen molar-refractivity contribution in [3.63, 3.8) is 0 Å². The average molecular weight is 279 g/mol. The van der Waals surface area contributed by atoms with E-state index < -0.39 is 0 Å². The molecule has 0 aliphatic rings. The normalized spacial score (nSPS) is 9.90. The van der Waals surface area contributed by atoms with Gasteiger partial charge in [-0.05, 0) is 32.4 Å². The van der Waals surface area contributed by atoms with Crippen molar-refractivity contribution in [1.82, 2.24) is 0 Å². The summed E-state index contributed by atoms with van der Waals surface area (Å²) in [5.41, 5.74) is 1.22. The molecule has 1 aromatic carbocycles. The first-order valence-corrected chi connectivity index (χ1v) is 6.84. The van der Waals surface area contributed by atoms with E-state index in [4.69, 9.17) is 9.47 Å². The van der Waals surface area contributed by atoms with Crippen molar-refractivity contribution in [2.24, 2.45) is 0 Å². The van der Waals surface area contributed by atoms with Gasteiger partial charge < -0.3 is 14.8 Å². The molecule has 0 radical (unpaired) electrons. The first-order chi connectivity index (χ1) is 9.69. The number of carbonyl (C=O) groups excluding carboxylic acids is 2. The molecule has 1 aromatic rings. The van der Waals surface area contributed by atoms with Crippen LogP contribution in [0, 0.1) is 0 Å². The highest BCUT2D eigenvalue weighted by Crippen LogP contribution is 2.16. The molecule has 0 amide bonds. The molecular weight excluding hydrogens is 258 g/mol. The monoisotopic (exact) mass is 279 g/mol. The minimum atomic E-state index is -0.346. The molecule has 0 saturated carbocycles. The lowest BCUT2D eigenvalue weighted by molar-refractivity contribution is -0.143. The second kappa shape index (κ2) is 8.96. The predicted octanol–water partition coefficient (Wildman–Crippen LogP) is 2.62. The summed E-state index contributed by atoms with van der Waals surface area (Å²) < 4.78 is 9.84. The first kappa shape index (κ1) is 16.0. The van der Waals surface area contributed by atoms with Gasteiger partial charge in [-0.15, -0.1) is 0 Å². The molecule has 1 rings (SSSR count). The Kier molecular flexibility index (Phi) is 7.17. The Morgan fingerprint density at radius 2 is 1.80 bits per heavy atom. The van der Waals surface area contributed by atoms with Crippen LogP contribution in [0.15, 0.2) is 24.3 Å². The third kappa shape index (κ3) is 5.30. The molecule has 0 aliphatic carbocycles. The summed E-state index contributed by atoms with van der Waals surface area (Å²) in [5, 5.41) is 3.14. The predicted molar refractivity (Wildman–Crippen MR) is 76.8 cm³/mol. The van der Waals surface area contributed by atoms with Gasteiger partial charge in [-0.3, -0.25) is 4.79 Å². The molecule has 0 spiro atoms. The number of benzene rings is 1. The molecule has 110 valence electrons. The van der Waals surface area contributed by atoms with E-state index in [-0.39, 0.29) is 11.9 Å². The summed E-state index contributed by atoms with van der Waals surface area (Å²) in [6, 6.07) is 7.16. The minimum Gasteiger partial charge on any atom is -0.466 e. The molecule has 0 heterocycles. The van der Waals surface area contributed by atoms with Crippen LogP contribution in [0.5, 0.6) is 0 Å². The second-order valence-electron chi connectivity index (χ2n) is 4.10.